The van der Waals surface area contributed by atoms with Crippen molar-refractivity contribution in [2.45, 2.75) is 26.0 Å². The number of guanidine groups is 1. The quantitative estimate of drug-likeness (QED) is 0.455. The molecule has 3 aromatic rings. The first kappa shape index (κ1) is 21.2. The summed E-state index contributed by atoms with van der Waals surface area (Å²) in [5, 5.41) is 6.15. The number of ether oxygens (including phenoxy) is 1. The smallest absolute Gasteiger partial charge is 0.405 e. The molecule has 0 fully saturated rings. The van der Waals surface area contributed by atoms with E-state index in [1.54, 1.807) is 31.7 Å². The van der Waals surface area contributed by atoms with E-state index in [1.807, 2.05) is 35.0 Å². The zero-order valence-corrected chi connectivity index (χ0v) is 16.4. The largest absolute Gasteiger partial charge is 0.573 e. The van der Waals surface area contributed by atoms with E-state index in [0.717, 1.165) is 17.7 Å². The fourth-order valence-corrected chi connectivity index (χ4v) is 2.81. The van der Waals surface area contributed by atoms with E-state index in [1.165, 1.54) is 12.1 Å². The Morgan fingerprint density at radius 3 is 2.40 bits per heavy atom. The van der Waals surface area contributed by atoms with Crippen LogP contribution in [0.3, 0.4) is 0 Å². The molecule has 158 valence electrons. The van der Waals surface area contributed by atoms with Gasteiger partial charge in [0.25, 0.3) is 0 Å². The average molecular weight is 417 g/mol. The van der Waals surface area contributed by atoms with Crippen molar-refractivity contribution in [2.24, 2.45) is 4.99 Å². The Labute approximate surface area is 172 Å². The Kier molecular flexibility index (Phi) is 6.95. The minimum absolute atomic E-state index is 0.135. The Balaban J connectivity index is 1.52. The molecule has 2 aromatic carbocycles. The van der Waals surface area contributed by atoms with Gasteiger partial charge in [0, 0.05) is 44.6 Å². The van der Waals surface area contributed by atoms with Crippen molar-refractivity contribution >= 4 is 5.96 Å². The summed E-state index contributed by atoms with van der Waals surface area (Å²) in [4.78, 5) is 8.14. The molecule has 3 rings (SSSR count). The summed E-state index contributed by atoms with van der Waals surface area (Å²) in [7, 11) is 1.60. The van der Waals surface area contributed by atoms with E-state index in [9.17, 15) is 13.2 Å². The van der Waals surface area contributed by atoms with Gasteiger partial charge in [0.2, 0.25) is 0 Å². The molecular formula is C21H22F3N5O. The van der Waals surface area contributed by atoms with Gasteiger partial charge in [-0.3, -0.25) is 4.99 Å². The number of para-hydroxylation sites is 1. The standard InChI is InChI=1S/C21H22F3N5O/c1-25-20(28-13-18-4-2-3-5-19(18)30-21(22,23)24)27-12-16-6-8-17(9-7-16)14-29-11-10-26-15-29/h2-11,15H,12-14H2,1H3,(H2,25,27,28). The van der Waals surface area contributed by atoms with Crippen molar-refractivity contribution in [1.82, 2.24) is 20.2 Å². The molecule has 0 spiro atoms. The number of benzene rings is 2. The maximum Gasteiger partial charge on any atom is 0.573 e. The van der Waals surface area contributed by atoms with E-state index < -0.39 is 6.36 Å². The zero-order chi connectivity index (χ0) is 21.4. The van der Waals surface area contributed by atoms with E-state index in [-0.39, 0.29) is 12.3 Å². The summed E-state index contributed by atoms with van der Waals surface area (Å²) >= 11 is 0. The lowest BCUT2D eigenvalue weighted by Gasteiger charge is -2.15. The second kappa shape index (κ2) is 9.82. The first-order chi connectivity index (χ1) is 14.4. The first-order valence-electron chi connectivity index (χ1n) is 9.24. The molecule has 1 aromatic heterocycles. The maximum absolute atomic E-state index is 12.5. The number of hydrogen-bond donors (Lipinski definition) is 2. The second-order valence-corrected chi connectivity index (χ2v) is 6.49. The molecule has 0 bridgehead atoms. The number of aliphatic imine (C=N–C) groups is 1. The van der Waals surface area contributed by atoms with Crippen LogP contribution < -0.4 is 15.4 Å². The molecule has 2 N–H and O–H groups in total. The van der Waals surface area contributed by atoms with Crippen LogP contribution in [0.2, 0.25) is 0 Å². The van der Waals surface area contributed by atoms with Crippen LogP contribution in [0.15, 0.2) is 72.2 Å². The predicted octanol–water partition coefficient (Wildman–Crippen LogP) is 3.70. The Bertz CT molecular complexity index is 954. The molecule has 0 amide bonds. The molecule has 1 heterocycles. The van der Waals surface area contributed by atoms with Gasteiger partial charge >= 0.3 is 6.36 Å². The molecule has 0 radical (unpaired) electrons. The Morgan fingerprint density at radius 1 is 1.03 bits per heavy atom. The van der Waals surface area contributed by atoms with Gasteiger partial charge in [-0.05, 0) is 17.2 Å². The highest BCUT2D eigenvalue weighted by molar-refractivity contribution is 5.79. The molecule has 0 saturated heterocycles. The molecule has 0 unspecified atom stereocenters. The fourth-order valence-electron chi connectivity index (χ4n) is 2.81. The summed E-state index contributed by atoms with van der Waals surface area (Å²) in [5.74, 6) is 0.237. The van der Waals surface area contributed by atoms with Crippen LogP contribution >= 0.6 is 0 Å². The number of imidazole rings is 1. The highest BCUT2D eigenvalue weighted by Gasteiger charge is 2.31. The monoisotopic (exact) mass is 417 g/mol. The van der Waals surface area contributed by atoms with Gasteiger partial charge < -0.3 is 19.9 Å². The molecule has 0 saturated carbocycles. The van der Waals surface area contributed by atoms with Gasteiger partial charge in [0.05, 0.1) is 6.33 Å². The van der Waals surface area contributed by atoms with Crippen LogP contribution in [0.25, 0.3) is 0 Å². The van der Waals surface area contributed by atoms with Crippen LogP contribution in [0.1, 0.15) is 16.7 Å². The van der Waals surface area contributed by atoms with E-state index >= 15 is 0 Å². The minimum Gasteiger partial charge on any atom is -0.405 e. The van der Waals surface area contributed by atoms with Crippen LogP contribution in [-0.4, -0.2) is 28.9 Å². The number of halogens is 3. The third-order valence-corrected chi connectivity index (χ3v) is 4.28. The molecular weight excluding hydrogens is 395 g/mol. The highest BCUT2D eigenvalue weighted by atomic mass is 19.4. The molecule has 0 atom stereocenters. The highest BCUT2D eigenvalue weighted by Crippen LogP contribution is 2.26. The van der Waals surface area contributed by atoms with Crippen molar-refractivity contribution in [3.05, 3.63) is 83.9 Å². The molecule has 9 heteroatoms. The summed E-state index contributed by atoms with van der Waals surface area (Å²) in [6.45, 7) is 1.40. The van der Waals surface area contributed by atoms with Gasteiger partial charge in [-0.1, -0.05) is 42.5 Å². The lowest BCUT2D eigenvalue weighted by molar-refractivity contribution is -0.274. The number of nitrogens with one attached hydrogen (secondary N) is 2. The fraction of sp³-hybridized carbons (Fsp3) is 0.238. The van der Waals surface area contributed by atoms with Gasteiger partial charge in [0.1, 0.15) is 5.75 Å². The number of alkyl halides is 3. The second-order valence-electron chi connectivity index (χ2n) is 6.49. The predicted molar refractivity (Wildman–Crippen MR) is 108 cm³/mol. The van der Waals surface area contributed by atoms with E-state index in [4.69, 9.17) is 0 Å². The molecule has 30 heavy (non-hydrogen) atoms. The maximum atomic E-state index is 12.5. The van der Waals surface area contributed by atoms with E-state index in [0.29, 0.717) is 18.1 Å². The van der Waals surface area contributed by atoms with Gasteiger partial charge in [-0.25, -0.2) is 4.98 Å². The lowest BCUT2D eigenvalue weighted by atomic mass is 10.1. The number of rotatable bonds is 7. The Hall–Kier alpha value is -3.49. The first-order valence-corrected chi connectivity index (χ1v) is 9.24. The van der Waals surface area contributed by atoms with Crippen molar-refractivity contribution in [1.29, 1.82) is 0 Å². The van der Waals surface area contributed by atoms with Crippen LogP contribution in [0.5, 0.6) is 5.75 Å². The topological polar surface area (TPSA) is 63.5 Å². The normalized spacial score (nSPS) is 11.9. The third-order valence-electron chi connectivity index (χ3n) is 4.28. The Morgan fingerprint density at radius 2 is 1.73 bits per heavy atom. The van der Waals surface area contributed by atoms with Gasteiger partial charge in [-0.2, -0.15) is 0 Å². The average Bonchev–Trinajstić information content (AvgIpc) is 3.22. The van der Waals surface area contributed by atoms with Crippen molar-refractivity contribution in [3.8, 4) is 5.75 Å². The lowest BCUT2D eigenvalue weighted by Crippen LogP contribution is -2.36. The molecule has 0 aliphatic rings. The number of aromatic nitrogens is 2. The van der Waals surface area contributed by atoms with Gasteiger partial charge in [-0.15, -0.1) is 13.2 Å². The minimum atomic E-state index is -4.74. The number of hydrogen-bond acceptors (Lipinski definition) is 3. The SMILES string of the molecule is CN=C(NCc1ccc(Cn2ccnc2)cc1)NCc1ccccc1OC(F)(F)F. The van der Waals surface area contributed by atoms with Crippen LogP contribution in [-0.2, 0) is 19.6 Å². The van der Waals surface area contributed by atoms with Crippen LogP contribution in [0, 0.1) is 0 Å². The summed E-state index contributed by atoms with van der Waals surface area (Å²) in [6, 6.07) is 14.1. The molecule has 0 aliphatic carbocycles. The van der Waals surface area contributed by atoms with E-state index in [2.05, 4.69) is 25.3 Å². The van der Waals surface area contributed by atoms with Crippen molar-refractivity contribution < 1.29 is 17.9 Å². The van der Waals surface area contributed by atoms with Crippen LogP contribution in [0.4, 0.5) is 13.2 Å². The summed E-state index contributed by atoms with van der Waals surface area (Å²) in [6.07, 6.45) is 0.677. The van der Waals surface area contributed by atoms with Crippen molar-refractivity contribution in [2.75, 3.05) is 7.05 Å². The third kappa shape index (κ3) is 6.54. The number of nitrogens with zero attached hydrogens (tertiary/aromatic N) is 3. The van der Waals surface area contributed by atoms with Gasteiger partial charge in [0.15, 0.2) is 5.96 Å². The zero-order valence-electron chi connectivity index (χ0n) is 16.4. The molecule has 0 aliphatic heterocycles. The summed E-state index contributed by atoms with van der Waals surface area (Å²) in [5.41, 5.74) is 2.58. The molecule has 6 nitrogen and oxygen atoms in total. The summed E-state index contributed by atoms with van der Waals surface area (Å²) < 4.78 is 43.7. The van der Waals surface area contributed by atoms with Crippen molar-refractivity contribution in [3.63, 3.8) is 0 Å².